The fraction of sp³-hybridized carbons (Fsp3) is 0.375. The molecule has 4 nitrogen and oxygen atoms in total. The van der Waals surface area contributed by atoms with E-state index in [1.165, 1.54) is 0 Å². The second kappa shape index (κ2) is 7.66. The number of thiophene rings is 1. The number of hydrogen-bond acceptors (Lipinski definition) is 4. The van der Waals surface area contributed by atoms with E-state index >= 15 is 0 Å². The monoisotopic (exact) mass is 372 g/mol. The highest BCUT2D eigenvalue weighted by Gasteiger charge is 2.27. The molecular weight excluding hydrogens is 352 g/mol. The molecule has 1 aliphatic heterocycles. The minimum atomic E-state index is -3.28. The van der Waals surface area contributed by atoms with Crippen molar-refractivity contribution in [3.05, 3.63) is 51.7 Å². The molecule has 7 heteroatoms. The van der Waals surface area contributed by atoms with Crippen molar-refractivity contribution in [2.24, 2.45) is 5.73 Å². The fourth-order valence-corrected chi connectivity index (χ4v) is 5.25. The van der Waals surface area contributed by atoms with Crippen molar-refractivity contribution >= 4 is 39.5 Å². The van der Waals surface area contributed by atoms with Gasteiger partial charge in [0.05, 0.1) is 11.4 Å². The number of aryl methyl sites for hydroxylation is 2. The van der Waals surface area contributed by atoms with E-state index in [-0.39, 0.29) is 18.2 Å². The van der Waals surface area contributed by atoms with Crippen LogP contribution in [-0.4, -0.2) is 20.7 Å². The predicted molar refractivity (Wildman–Crippen MR) is 99.1 cm³/mol. The van der Waals surface area contributed by atoms with E-state index in [0.717, 1.165) is 34.5 Å². The molecule has 1 aromatic carbocycles. The first kappa shape index (κ1) is 18.3. The van der Waals surface area contributed by atoms with Gasteiger partial charge < -0.3 is 5.73 Å². The summed E-state index contributed by atoms with van der Waals surface area (Å²) in [7, 11) is -3.28. The minimum Gasteiger partial charge on any atom is -0.326 e. The van der Waals surface area contributed by atoms with Crippen LogP contribution in [0.4, 0.5) is 5.69 Å². The topological polar surface area (TPSA) is 63.4 Å². The van der Waals surface area contributed by atoms with Crippen molar-refractivity contribution < 1.29 is 8.42 Å². The molecule has 23 heavy (non-hydrogen) atoms. The quantitative estimate of drug-likeness (QED) is 0.877. The Morgan fingerprint density at radius 3 is 2.78 bits per heavy atom. The zero-order valence-electron chi connectivity index (χ0n) is 12.8. The number of nitrogens with zero attached hydrogens (tertiary/aromatic N) is 1. The van der Waals surface area contributed by atoms with E-state index in [1.807, 2.05) is 35.7 Å². The van der Waals surface area contributed by atoms with Crippen LogP contribution in [0.5, 0.6) is 0 Å². The van der Waals surface area contributed by atoms with Gasteiger partial charge in [-0.2, -0.15) is 0 Å². The normalized spacial score (nSPS) is 14.2. The molecule has 0 atom stereocenters. The largest absolute Gasteiger partial charge is 0.326 e. The first-order valence-corrected chi connectivity index (χ1v) is 9.94. The second-order valence-electron chi connectivity index (χ2n) is 5.49. The smallest absolute Gasteiger partial charge is 0.235 e. The second-order valence-corrected chi connectivity index (χ2v) is 8.53. The molecule has 2 aromatic rings. The number of halogens is 1. The number of rotatable bonds is 5. The molecule has 0 unspecified atom stereocenters. The van der Waals surface area contributed by atoms with Crippen LogP contribution in [0.1, 0.15) is 22.4 Å². The maximum atomic E-state index is 12.7. The van der Waals surface area contributed by atoms with Gasteiger partial charge >= 0.3 is 0 Å². The van der Waals surface area contributed by atoms with Gasteiger partial charge in [-0.1, -0.05) is 18.2 Å². The predicted octanol–water partition coefficient (Wildman–Crippen LogP) is 2.95. The standard InChI is InChI=1S/C16H20N2O2S2.ClH/c17-12-13-5-6-16-14(11-13)3-1-8-18(16)22(19,20)10-7-15-4-2-9-21-15;/h2,4-6,9,11H,1,3,7-8,10,12,17H2;1H. The Morgan fingerprint density at radius 2 is 2.09 bits per heavy atom. The lowest BCUT2D eigenvalue weighted by molar-refractivity contribution is 0.586. The van der Waals surface area contributed by atoms with Crippen LogP contribution in [-0.2, 0) is 29.4 Å². The summed E-state index contributed by atoms with van der Waals surface area (Å²) in [6, 6.07) is 9.80. The van der Waals surface area contributed by atoms with Crippen molar-refractivity contribution in [1.82, 2.24) is 0 Å². The highest BCUT2D eigenvalue weighted by molar-refractivity contribution is 7.92. The van der Waals surface area contributed by atoms with Gasteiger partial charge in [-0.15, -0.1) is 23.7 Å². The summed E-state index contributed by atoms with van der Waals surface area (Å²) >= 11 is 1.60. The summed E-state index contributed by atoms with van der Waals surface area (Å²) in [5.74, 6) is 0.158. The number of benzene rings is 1. The molecule has 0 amide bonds. The summed E-state index contributed by atoms with van der Waals surface area (Å²) in [5.41, 5.74) is 8.65. The van der Waals surface area contributed by atoms with Gasteiger partial charge in [-0.3, -0.25) is 4.31 Å². The summed E-state index contributed by atoms with van der Waals surface area (Å²) in [6.07, 6.45) is 2.35. The maximum Gasteiger partial charge on any atom is 0.235 e. The first-order chi connectivity index (χ1) is 10.6. The molecule has 0 saturated carbocycles. The van der Waals surface area contributed by atoms with Crippen molar-refractivity contribution in [2.75, 3.05) is 16.6 Å². The molecule has 126 valence electrons. The third-order valence-corrected chi connectivity index (χ3v) is 6.68. The Bertz CT molecular complexity index is 745. The third-order valence-electron chi connectivity index (χ3n) is 3.98. The maximum absolute atomic E-state index is 12.7. The summed E-state index contributed by atoms with van der Waals surface area (Å²) in [5, 5.41) is 1.98. The van der Waals surface area contributed by atoms with Gasteiger partial charge in [0.1, 0.15) is 0 Å². The van der Waals surface area contributed by atoms with Gasteiger partial charge in [-0.25, -0.2) is 8.42 Å². The van der Waals surface area contributed by atoms with Crippen molar-refractivity contribution in [1.29, 1.82) is 0 Å². The van der Waals surface area contributed by atoms with Crippen LogP contribution >= 0.6 is 23.7 Å². The molecule has 1 aromatic heterocycles. The van der Waals surface area contributed by atoms with E-state index in [9.17, 15) is 8.42 Å². The lowest BCUT2D eigenvalue weighted by atomic mass is 10.0. The summed E-state index contributed by atoms with van der Waals surface area (Å²) in [4.78, 5) is 1.11. The van der Waals surface area contributed by atoms with Crippen molar-refractivity contribution in [2.45, 2.75) is 25.8 Å². The van der Waals surface area contributed by atoms with Gasteiger partial charge in [0.25, 0.3) is 0 Å². The van der Waals surface area contributed by atoms with Crippen LogP contribution in [0, 0.1) is 0 Å². The minimum absolute atomic E-state index is 0. The van der Waals surface area contributed by atoms with Gasteiger partial charge in [0.15, 0.2) is 0 Å². The average molecular weight is 373 g/mol. The molecule has 0 aliphatic carbocycles. The average Bonchev–Trinajstić information content (AvgIpc) is 3.05. The summed E-state index contributed by atoms with van der Waals surface area (Å²) < 4.78 is 27.0. The summed E-state index contributed by atoms with van der Waals surface area (Å²) in [6.45, 7) is 1.06. The van der Waals surface area contributed by atoms with E-state index < -0.39 is 10.0 Å². The zero-order valence-corrected chi connectivity index (χ0v) is 15.2. The van der Waals surface area contributed by atoms with E-state index in [4.69, 9.17) is 5.73 Å². The van der Waals surface area contributed by atoms with Crippen LogP contribution in [0.2, 0.25) is 0 Å². The van der Waals surface area contributed by atoms with Gasteiger partial charge in [0, 0.05) is 18.0 Å². The zero-order chi connectivity index (χ0) is 15.6. The molecule has 0 saturated heterocycles. The molecule has 2 heterocycles. The lowest BCUT2D eigenvalue weighted by Crippen LogP contribution is -2.37. The van der Waals surface area contributed by atoms with Crippen molar-refractivity contribution in [3.8, 4) is 0 Å². The highest BCUT2D eigenvalue weighted by Crippen LogP contribution is 2.30. The number of anilines is 1. The van der Waals surface area contributed by atoms with Gasteiger partial charge in [0.2, 0.25) is 10.0 Å². The SMILES string of the molecule is Cl.NCc1ccc2c(c1)CCCN2S(=O)(=O)CCc1cccs1. The number of fused-ring (bicyclic) bond motifs is 1. The van der Waals surface area contributed by atoms with Gasteiger partial charge in [-0.05, 0) is 47.9 Å². The first-order valence-electron chi connectivity index (χ1n) is 7.45. The lowest BCUT2D eigenvalue weighted by Gasteiger charge is -2.30. The Hall–Kier alpha value is -1.08. The molecule has 1 aliphatic rings. The number of sulfonamides is 1. The Balaban J connectivity index is 0.00000192. The number of hydrogen-bond donors (Lipinski definition) is 1. The molecular formula is C16H21ClN2O2S2. The Labute approximate surface area is 147 Å². The van der Waals surface area contributed by atoms with E-state index in [2.05, 4.69) is 0 Å². The number of nitrogens with two attached hydrogens (primary N) is 1. The van der Waals surface area contributed by atoms with Crippen molar-refractivity contribution in [3.63, 3.8) is 0 Å². The molecule has 2 N–H and O–H groups in total. The molecule has 3 rings (SSSR count). The molecule has 0 spiro atoms. The fourth-order valence-electron chi connectivity index (χ4n) is 2.83. The van der Waals surface area contributed by atoms with Crippen LogP contribution in [0.15, 0.2) is 35.7 Å². The molecule has 0 bridgehead atoms. The van der Waals surface area contributed by atoms with Crippen LogP contribution in [0.25, 0.3) is 0 Å². The van der Waals surface area contributed by atoms with Crippen LogP contribution < -0.4 is 10.0 Å². The molecule has 0 fully saturated rings. The van der Waals surface area contributed by atoms with E-state index in [0.29, 0.717) is 19.5 Å². The third kappa shape index (κ3) is 4.07. The van der Waals surface area contributed by atoms with Crippen LogP contribution in [0.3, 0.4) is 0 Å². The highest BCUT2D eigenvalue weighted by atomic mass is 35.5. The van der Waals surface area contributed by atoms with E-state index in [1.54, 1.807) is 15.6 Å². The molecule has 0 radical (unpaired) electrons. The Kier molecular flexibility index (Phi) is 6.08. The Morgan fingerprint density at radius 1 is 1.26 bits per heavy atom.